The van der Waals surface area contributed by atoms with E-state index in [0.29, 0.717) is 5.41 Å². The van der Waals surface area contributed by atoms with E-state index < -0.39 is 0 Å². The van der Waals surface area contributed by atoms with Gasteiger partial charge >= 0.3 is 0 Å². The van der Waals surface area contributed by atoms with Crippen LogP contribution in [-0.4, -0.2) is 22.4 Å². The number of aliphatic hydroxyl groups excluding tert-OH is 2. The molecule has 7 atom stereocenters. The topological polar surface area (TPSA) is 40.5 Å². The number of fused-ring (bicyclic) bond motifs is 1. The van der Waals surface area contributed by atoms with Crippen molar-refractivity contribution in [2.45, 2.75) is 117 Å². The summed E-state index contributed by atoms with van der Waals surface area (Å²) in [5, 5.41) is 20.5. The van der Waals surface area contributed by atoms with Gasteiger partial charge in [-0.05, 0) is 80.0 Å². The molecule has 2 heteroatoms. The van der Waals surface area contributed by atoms with Crippen LogP contribution < -0.4 is 0 Å². The van der Waals surface area contributed by atoms with Crippen LogP contribution in [0.5, 0.6) is 0 Å². The predicted molar refractivity (Wildman–Crippen MR) is 123 cm³/mol. The van der Waals surface area contributed by atoms with Crippen LogP contribution in [0.15, 0.2) is 11.6 Å². The summed E-state index contributed by atoms with van der Waals surface area (Å²) in [5.41, 5.74) is 1.84. The molecule has 3 fully saturated rings. The molecule has 3 unspecified atom stereocenters. The van der Waals surface area contributed by atoms with Gasteiger partial charge in [0.1, 0.15) is 0 Å². The lowest BCUT2D eigenvalue weighted by Crippen LogP contribution is -2.39. The van der Waals surface area contributed by atoms with Crippen molar-refractivity contribution in [3.63, 3.8) is 0 Å². The van der Waals surface area contributed by atoms with E-state index in [1.807, 2.05) is 6.92 Å². The minimum Gasteiger partial charge on any atom is -0.392 e. The fraction of sp³-hybridized carbons (Fsp3) is 0.926. The fourth-order valence-corrected chi connectivity index (χ4v) is 7.38. The molecule has 2 nitrogen and oxygen atoms in total. The van der Waals surface area contributed by atoms with E-state index in [0.717, 1.165) is 48.9 Å². The molecule has 0 amide bonds. The Labute approximate surface area is 180 Å². The van der Waals surface area contributed by atoms with Crippen molar-refractivity contribution < 1.29 is 10.2 Å². The molecule has 0 aromatic rings. The summed E-state index contributed by atoms with van der Waals surface area (Å²) >= 11 is 0. The second-order valence-electron chi connectivity index (χ2n) is 11.8. The van der Waals surface area contributed by atoms with Crippen molar-refractivity contribution in [3.8, 4) is 0 Å². The molecule has 3 saturated carbocycles. The molecule has 168 valence electrons. The maximum atomic E-state index is 10.2. The summed E-state index contributed by atoms with van der Waals surface area (Å²) in [6, 6.07) is 0. The van der Waals surface area contributed by atoms with E-state index >= 15 is 0 Å². The quantitative estimate of drug-likeness (QED) is 0.461. The second kappa shape index (κ2) is 9.86. The van der Waals surface area contributed by atoms with Gasteiger partial charge in [0.15, 0.2) is 0 Å². The van der Waals surface area contributed by atoms with Crippen LogP contribution in [-0.2, 0) is 0 Å². The van der Waals surface area contributed by atoms with Crippen LogP contribution in [0.4, 0.5) is 0 Å². The van der Waals surface area contributed by atoms with Gasteiger partial charge < -0.3 is 10.2 Å². The van der Waals surface area contributed by atoms with E-state index in [-0.39, 0.29) is 18.1 Å². The number of rotatable bonds is 7. The number of allylic oxidation sites excluding steroid dienone is 1. The van der Waals surface area contributed by atoms with Crippen molar-refractivity contribution in [1.82, 2.24) is 0 Å². The molecule has 0 bridgehead atoms. The van der Waals surface area contributed by atoms with Crippen LogP contribution in [0.1, 0.15) is 105 Å². The molecule has 3 aliphatic rings. The molecule has 3 rings (SSSR count). The fourth-order valence-electron chi connectivity index (χ4n) is 7.38. The summed E-state index contributed by atoms with van der Waals surface area (Å²) in [4.78, 5) is 0. The molecule has 3 aliphatic carbocycles. The maximum Gasteiger partial charge on any atom is 0.0627 e. The molecule has 0 radical (unpaired) electrons. The smallest absolute Gasteiger partial charge is 0.0627 e. The third-order valence-electron chi connectivity index (χ3n) is 9.34. The van der Waals surface area contributed by atoms with Crippen molar-refractivity contribution in [2.75, 3.05) is 0 Å². The van der Waals surface area contributed by atoms with Gasteiger partial charge in [-0.25, -0.2) is 0 Å². The molecule has 2 N–H and O–H groups in total. The average molecular weight is 405 g/mol. The van der Waals surface area contributed by atoms with Gasteiger partial charge in [-0.3, -0.25) is 0 Å². The molecule has 0 spiro atoms. The first-order chi connectivity index (χ1) is 13.7. The van der Waals surface area contributed by atoms with Crippen LogP contribution in [0.2, 0.25) is 0 Å². The van der Waals surface area contributed by atoms with Gasteiger partial charge in [0.2, 0.25) is 0 Å². The van der Waals surface area contributed by atoms with Gasteiger partial charge in [0.05, 0.1) is 12.2 Å². The zero-order chi connectivity index (χ0) is 21.2. The Morgan fingerprint density at radius 3 is 2.38 bits per heavy atom. The van der Waals surface area contributed by atoms with Gasteiger partial charge in [0.25, 0.3) is 0 Å². The molecule has 0 heterocycles. The second-order valence-corrected chi connectivity index (χ2v) is 11.8. The van der Waals surface area contributed by atoms with Crippen LogP contribution in [0.3, 0.4) is 0 Å². The normalized spacial score (nSPS) is 41.4. The lowest BCUT2D eigenvalue weighted by Gasteiger charge is -2.47. The van der Waals surface area contributed by atoms with Gasteiger partial charge in [-0.2, -0.15) is 0 Å². The van der Waals surface area contributed by atoms with Gasteiger partial charge in [0, 0.05) is 5.92 Å². The lowest BCUT2D eigenvalue weighted by molar-refractivity contribution is 0.00343. The molecule has 29 heavy (non-hydrogen) atoms. The van der Waals surface area contributed by atoms with Crippen molar-refractivity contribution in [3.05, 3.63) is 11.6 Å². The zero-order valence-electron chi connectivity index (χ0n) is 19.9. The summed E-state index contributed by atoms with van der Waals surface area (Å²) in [7, 11) is 0. The highest BCUT2D eigenvalue weighted by Gasteiger charge is 2.51. The highest BCUT2D eigenvalue weighted by Crippen LogP contribution is 2.60. The Hall–Kier alpha value is -0.340. The molecule has 0 aliphatic heterocycles. The van der Waals surface area contributed by atoms with Crippen molar-refractivity contribution >= 4 is 0 Å². The highest BCUT2D eigenvalue weighted by atomic mass is 16.3. The lowest BCUT2D eigenvalue weighted by atomic mass is 9.58. The van der Waals surface area contributed by atoms with E-state index in [1.54, 1.807) is 0 Å². The molecule has 0 aromatic heterocycles. The average Bonchev–Trinajstić information content (AvgIpc) is 3.01. The first-order valence-corrected chi connectivity index (χ1v) is 12.8. The van der Waals surface area contributed by atoms with E-state index in [4.69, 9.17) is 0 Å². The van der Waals surface area contributed by atoms with Crippen LogP contribution in [0, 0.1) is 40.9 Å². The minimum atomic E-state index is -0.371. The Kier molecular flexibility index (Phi) is 7.93. The Bertz CT molecular complexity index is 539. The summed E-state index contributed by atoms with van der Waals surface area (Å²) in [6.07, 6.45) is 15.6. The minimum absolute atomic E-state index is 0.0119. The number of hydrogen-bond acceptors (Lipinski definition) is 2. The first-order valence-electron chi connectivity index (χ1n) is 12.8. The SMILES string of the molecule is CC(C)CCC[C@H](C)C1CCC2C(CC=C3C[C@@H](O)C(C)[C@H](O)C3)CCC[C@@]21C. The number of hydrogen-bond donors (Lipinski definition) is 2. The number of aliphatic hydroxyl groups is 2. The Morgan fingerprint density at radius 1 is 1.03 bits per heavy atom. The van der Waals surface area contributed by atoms with E-state index in [2.05, 4.69) is 33.8 Å². The summed E-state index contributed by atoms with van der Waals surface area (Å²) in [6.45, 7) is 11.8. The van der Waals surface area contributed by atoms with Crippen molar-refractivity contribution in [1.29, 1.82) is 0 Å². The predicted octanol–water partition coefficient (Wildman–Crippen LogP) is 6.75. The molecule has 0 aromatic carbocycles. The zero-order valence-corrected chi connectivity index (χ0v) is 19.9. The maximum absolute atomic E-state index is 10.2. The van der Waals surface area contributed by atoms with Crippen LogP contribution in [0.25, 0.3) is 0 Å². The first kappa shape index (κ1) is 23.3. The van der Waals surface area contributed by atoms with Gasteiger partial charge in [-0.1, -0.05) is 72.0 Å². The monoisotopic (exact) mass is 404 g/mol. The van der Waals surface area contributed by atoms with Gasteiger partial charge in [-0.15, -0.1) is 0 Å². The summed E-state index contributed by atoms with van der Waals surface area (Å²) < 4.78 is 0. The van der Waals surface area contributed by atoms with Crippen molar-refractivity contribution in [2.24, 2.45) is 40.9 Å². The molecule has 0 saturated heterocycles. The Morgan fingerprint density at radius 2 is 1.72 bits per heavy atom. The highest BCUT2D eigenvalue weighted by molar-refractivity contribution is 5.12. The molecular weight excluding hydrogens is 356 g/mol. The molecular formula is C27H48O2. The standard InChI is InChI=1S/C27H48O2/c1-18(2)8-6-9-19(3)23-13-14-24-22(10-7-15-27(23,24)5)12-11-21-16-25(28)20(4)26(29)17-21/h11,18-20,22-26,28-29H,6-10,12-17H2,1-5H3/t19-,20?,22?,23?,24?,25+,26+,27+/m0/s1. The Balaban J connectivity index is 1.60. The third kappa shape index (κ3) is 5.29. The largest absolute Gasteiger partial charge is 0.392 e. The third-order valence-corrected chi connectivity index (χ3v) is 9.34. The van der Waals surface area contributed by atoms with Crippen LogP contribution >= 0.6 is 0 Å². The van der Waals surface area contributed by atoms with E-state index in [1.165, 1.54) is 56.9 Å². The van der Waals surface area contributed by atoms with E-state index in [9.17, 15) is 10.2 Å². The summed E-state index contributed by atoms with van der Waals surface area (Å²) in [5.74, 6) is 4.31.